The molecule has 1 aromatic heterocycles. The number of carbonyl (C=O) groups is 2. The molecule has 0 aliphatic carbocycles. The Labute approximate surface area is 210 Å². The summed E-state index contributed by atoms with van der Waals surface area (Å²) in [5.74, 6) is 0.357. The molecule has 8 nitrogen and oxygen atoms in total. The summed E-state index contributed by atoms with van der Waals surface area (Å²) in [5.41, 5.74) is 0.507. The molecule has 0 unspecified atom stereocenters. The molecule has 35 heavy (non-hydrogen) atoms. The van der Waals surface area contributed by atoms with E-state index in [1.807, 2.05) is 30.3 Å². The van der Waals surface area contributed by atoms with Crippen molar-refractivity contribution in [3.05, 3.63) is 83.1 Å². The molecule has 9 heteroatoms. The first-order chi connectivity index (χ1) is 16.8. The van der Waals surface area contributed by atoms with Gasteiger partial charge in [0, 0.05) is 38.4 Å². The van der Waals surface area contributed by atoms with Crippen molar-refractivity contribution in [2.75, 3.05) is 33.4 Å². The number of aromatic nitrogens is 2. The average molecular weight is 497 g/mol. The molecule has 0 spiro atoms. The number of amides is 2. The molecule has 1 atom stereocenters. The van der Waals surface area contributed by atoms with E-state index in [9.17, 15) is 9.59 Å². The number of rotatable bonds is 8. The van der Waals surface area contributed by atoms with E-state index >= 15 is 0 Å². The third kappa shape index (κ3) is 6.21. The molecule has 1 aliphatic rings. The number of nitrogens with zero attached hydrogens (tertiary/aromatic N) is 4. The van der Waals surface area contributed by atoms with Gasteiger partial charge in [0.25, 0.3) is 5.91 Å². The van der Waals surface area contributed by atoms with Crippen LogP contribution in [0.25, 0.3) is 0 Å². The molecule has 4 rings (SSSR count). The highest BCUT2D eigenvalue weighted by molar-refractivity contribution is 6.30. The molecule has 184 valence electrons. The normalized spacial score (nSPS) is 17.7. The molecular weight excluding hydrogens is 468 g/mol. The number of hydrogen-bond donors (Lipinski definition) is 0. The predicted molar refractivity (Wildman–Crippen MR) is 132 cm³/mol. The molecular formula is C26H29ClN4O4. The molecule has 2 amide bonds. The summed E-state index contributed by atoms with van der Waals surface area (Å²) in [6.07, 6.45) is 1.66. The van der Waals surface area contributed by atoms with E-state index in [1.165, 1.54) is 0 Å². The van der Waals surface area contributed by atoms with E-state index in [1.54, 1.807) is 65.1 Å². The van der Waals surface area contributed by atoms with E-state index in [2.05, 4.69) is 5.10 Å². The van der Waals surface area contributed by atoms with Crippen molar-refractivity contribution in [3.63, 3.8) is 0 Å². The molecule has 0 bridgehead atoms. The van der Waals surface area contributed by atoms with Crippen molar-refractivity contribution in [1.82, 2.24) is 19.6 Å². The molecule has 0 N–H and O–H groups in total. The Kier molecular flexibility index (Phi) is 7.73. The lowest BCUT2D eigenvalue weighted by Crippen LogP contribution is -2.58. The lowest BCUT2D eigenvalue weighted by atomic mass is 9.96. The highest BCUT2D eigenvalue weighted by atomic mass is 35.5. The second kappa shape index (κ2) is 10.9. The van der Waals surface area contributed by atoms with Crippen molar-refractivity contribution in [2.45, 2.75) is 18.6 Å². The summed E-state index contributed by atoms with van der Waals surface area (Å²) in [4.78, 5) is 29.9. The first-order valence-corrected chi connectivity index (χ1v) is 11.8. The zero-order valence-electron chi connectivity index (χ0n) is 19.9. The minimum atomic E-state index is -1.01. The van der Waals surface area contributed by atoms with Gasteiger partial charge in [-0.15, -0.1) is 0 Å². The van der Waals surface area contributed by atoms with Crippen LogP contribution >= 0.6 is 11.6 Å². The second-order valence-electron chi connectivity index (χ2n) is 8.75. The Morgan fingerprint density at radius 3 is 2.57 bits per heavy atom. The standard InChI is InChI=1S/C26H29ClN4O4/c1-29(17-20-6-4-3-5-7-20)24(32)16-26(19-34-22-10-8-21(27)9-11-22)18-31(14-15-35-26)25(33)23-12-13-28-30(23)2/h3-13H,14-19H2,1-2H3/t26-/m1/s1. The van der Waals surface area contributed by atoms with Crippen LogP contribution in [0.1, 0.15) is 22.5 Å². The van der Waals surface area contributed by atoms with Crippen LogP contribution in [0, 0.1) is 0 Å². The van der Waals surface area contributed by atoms with Gasteiger partial charge in [0.15, 0.2) is 0 Å². The molecule has 1 fully saturated rings. The Hall–Kier alpha value is -3.36. The van der Waals surface area contributed by atoms with Gasteiger partial charge < -0.3 is 19.3 Å². The van der Waals surface area contributed by atoms with Crippen molar-refractivity contribution >= 4 is 23.4 Å². The molecule has 1 aliphatic heterocycles. The van der Waals surface area contributed by atoms with Crippen LogP contribution in [-0.4, -0.2) is 70.3 Å². The van der Waals surface area contributed by atoms with Gasteiger partial charge in [-0.3, -0.25) is 14.3 Å². The Morgan fingerprint density at radius 1 is 1.14 bits per heavy atom. The van der Waals surface area contributed by atoms with E-state index < -0.39 is 5.60 Å². The van der Waals surface area contributed by atoms with Crippen LogP contribution < -0.4 is 4.74 Å². The minimum absolute atomic E-state index is 0.0685. The number of hydrogen-bond acceptors (Lipinski definition) is 5. The third-order valence-electron chi connectivity index (χ3n) is 6.05. The average Bonchev–Trinajstić information content (AvgIpc) is 3.29. The zero-order chi connectivity index (χ0) is 24.8. The minimum Gasteiger partial charge on any atom is -0.490 e. The summed E-state index contributed by atoms with van der Waals surface area (Å²) in [7, 11) is 3.50. The van der Waals surface area contributed by atoms with Gasteiger partial charge in [-0.1, -0.05) is 41.9 Å². The molecule has 3 aromatic rings. The van der Waals surface area contributed by atoms with Gasteiger partial charge in [0.2, 0.25) is 5.91 Å². The van der Waals surface area contributed by atoms with Gasteiger partial charge in [0.05, 0.1) is 19.6 Å². The van der Waals surface area contributed by atoms with E-state index in [4.69, 9.17) is 21.1 Å². The van der Waals surface area contributed by atoms with E-state index in [0.717, 1.165) is 5.56 Å². The van der Waals surface area contributed by atoms with Crippen LogP contribution in [0.2, 0.25) is 5.02 Å². The number of morpholine rings is 1. The lowest BCUT2D eigenvalue weighted by molar-refractivity contribution is -0.152. The third-order valence-corrected chi connectivity index (χ3v) is 6.30. The number of aryl methyl sites for hydroxylation is 1. The molecule has 2 heterocycles. The summed E-state index contributed by atoms with van der Waals surface area (Å²) in [6.45, 7) is 1.51. The Balaban J connectivity index is 1.52. The summed E-state index contributed by atoms with van der Waals surface area (Å²) in [5, 5.41) is 4.71. The van der Waals surface area contributed by atoms with Gasteiger partial charge >= 0.3 is 0 Å². The first-order valence-electron chi connectivity index (χ1n) is 11.4. The largest absolute Gasteiger partial charge is 0.490 e. The monoisotopic (exact) mass is 496 g/mol. The lowest BCUT2D eigenvalue weighted by Gasteiger charge is -2.42. The van der Waals surface area contributed by atoms with Crippen LogP contribution in [0.4, 0.5) is 0 Å². The zero-order valence-corrected chi connectivity index (χ0v) is 20.6. The maximum atomic E-state index is 13.3. The smallest absolute Gasteiger partial charge is 0.272 e. The van der Waals surface area contributed by atoms with Crippen LogP contribution in [0.5, 0.6) is 5.75 Å². The number of halogens is 1. The highest BCUT2D eigenvalue weighted by Gasteiger charge is 2.42. The predicted octanol–water partition coefficient (Wildman–Crippen LogP) is 3.41. The van der Waals surface area contributed by atoms with Crippen molar-refractivity contribution in [1.29, 1.82) is 0 Å². The van der Waals surface area contributed by atoms with Crippen molar-refractivity contribution in [2.24, 2.45) is 7.05 Å². The van der Waals surface area contributed by atoms with E-state index in [-0.39, 0.29) is 31.4 Å². The Bertz CT molecular complexity index is 1150. The van der Waals surface area contributed by atoms with Gasteiger partial charge in [-0.25, -0.2) is 0 Å². The fraction of sp³-hybridized carbons (Fsp3) is 0.346. The van der Waals surface area contributed by atoms with Crippen molar-refractivity contribution in [3.8, 4) is 5.75 Å². The summed E-state index contributed by atoms with van der Waals surface area (Å²) < 4.78 is 13.8. The SMILES string of the molecule is CN(Cc1ccccc1)C(=O)C[C@]1(COc2ccc(Cl)cc2)CN(C(=O)c2ccnn2C)CCO1. The fourth-order valence-electron chi connectivity index (χ4n) is 4.11. The van der Waals surface area contributed by atoms with Crippen LogP contribution in [0.15, 0.2) is 66.9 Å². The number of benzene rings is 2. The summed E-state index contributed by atoms with van der Waals surface area (Å²) in [6, 6.07) is 18.5. The first kappa shape index (κ1) is 24.8. The van der Waals surface area contributed by atoms with Crippen molar-refractivity contribution < 1.29 is 19.1 Å². The topological polar surface area (TPSA) is 76.9 Å². The van der Waals surface area contributed by atoms with Crippen LogP contribution in [-0.2, 0) is 23.1 Å². The van der Waals surface area contributed by atoms with Gasteiger partial charge in [0.1, 0.15) is 23.7 Å². The van der Waals surface area contributed by atoms with Gasteiger partial charge in [-0.2, -0.15) is 5.10 Å². The molecule has 2 aromatic carbocycles. The maximum Gasteiger partial charge on any atom is 0.272 e. The molecule has 1 saturated heterocycles. The fourth-order valence-corrected chi connectivity index (χ4v) is 4.24. The van der Waals surface area contributed by atoms with E-state index in [0.29, 0.717) is 36.2 Å². The maximum absolute atomic E-state index is 13.3. The summed E-state index contributed by atoms with van der Waals surface area (Å²) >= 11 is 5.99. The molecule has 0 radical (unpaired) electrons. The highest BCUT2D eigenvalue weighted by Crippen LogP contribution is 2.27. The number of ether oxygens (including phenoxy) is 2. The van der Waals surface area contributed by atoms with Crippen LogP contribution in [0.3, 0.4) is 0 Å². The quantitative estimate of drug-likeness (QED) is 0.477. The second-order valence-corrected chi connectivity index (χ2v) is 9.19. The Morgan fingerprint density at radius 2 is 1.89 bits per heavy atom. The number of carbonyl (C=O) groups excluding carboxylic acids is 2. The molecule has 0 saturated carbocycles. The van der Waals surface area contributed by atoms with Gasteiger partial charge in [-0.05, 0) is 35.9 Å².